The first-order valence-electron chi connectivity index (χ1n) is 4.84. The van der Waals surface area contributed by atoms with Crippen LogP contribution in [0.2, 0.25) is 5.02 Å². The highest BCUT2D eigenvalue weighted by atomic mass is 35.5. The molecule has 1 aliphatic rings. The van der Waals surface area contributed by atoms with Crippen LogP contribution in [0.3, 0.4) is 0 Å². The summed E-state index contributed by atoms with van der Waals surface area (Å²) in [4.78, 5) is 0. The average Bonchev–Trinajstić information content (AvgIpc) is 2.19. The van der Waals surface area contributed by atoms with Gasteiger partial charge in [-0.1, -0.05) is 11.6 Å². The van der Waals surface area contributed by atoms with Crippen molar-refractivity contribution >= 4 is 11.6 Å². The second-order valence-electron chi connectivity index (χ2n) is 3.68. The molecule has 1 aromatic rings. The van der Waals surface area contributed by atoms with E-state index < -0.39 is 0 Å². The predicted octanol–water partition coefficient (Wildman–Crippen LogP) is 2.68. The molecule has 0 fully saturated rings. The molecule has 2 rings (SSSR count). The van der Waals surface area contributed by atoms with Crippen LogP contribution in [-0.4, -0.2) is 7.11 Å². The van der Waals surface area contributed by atoms with E-state index in [1.54, 1.807) is 7.11 Å². The fourth-order valence-electron chi connectivity index (χ4n) is 2.00. The summed E-state index contributed by atoms with van der Waals surface area (Å²) in [5.41, 5.74) is 8.38. The smallest absolute Gasteiger partial charge is 0.120 e. The highest BCUT2D eigenvalue weighted by molar-refractivity contribution is 6.31. The van der Waals surface area contributed by atoms with Crippen LogP contribution >= 0.6 is 11.6 Å². The van der Waals surface area contributed by atoms with Crippen LogP contribution in [0.5, 0.6) is 5.75 Å². The third-order valence-electron chi connectivity index (χ3n) is 2.78. The van der Waals surface area contributed by atoms with Gasteiger partial charge in [0.05, 0.1) is 7.11 Å². The van der Waals surface area contributed by atoms with E-state index in [4.69, 9.17) is 22.1 Å². The summed E-state index contributed by atoms with van der Waals surface area (Å²) in [6.45, 7) is 0. The van der Waals surface area contributed by atoms with Gasteiger partial charge in [-0.05, 0) is 42.5 Å². The van der Waals surface area contributed by atoms with E-state index in [0.717, 1.165) is 35.6 Å². The molecule has 76 valence electrons. The first-order chi connectivity index (χ1) is 6.72. The highest BCUT2D eigenvalue weighted by Gasteiger charge is 2.19. The molecule has 0 aromatic heterocycles. The third kappa shape index (κ3) is 1.60. The van der Waals surface area contributed by atoms with Gasteiger partial charge in [0.25, 0.3) is 0 Å². The number of fused-ring (bicyclic) bond motifs is 1. The molecule has 0 amide bonds. The van der Waals surface area contributed by atoms with E-state index in [1.165, 1.54) is 5.56 Å². The second-order valence-corrected chi connectivity index (χ2v) is 4.08. The van der Waals surface area contributed by atoms with Gasteiger partial charge in [-0.2, -0.15) is 0 Å². The maximum Gasteiger partial charge on any atom is 0.120 e. The Morgan fingerprint density at radius 1 is 1.50 bits per heavy atom. The number of methoxy groups -OCH3 is 1. The van der Waals surface area contributed by atoms with Gasteiger partial charge in [0.1, 0.15) is 5.75 Å². The van der Waals surface area contributed by atoms with E-state index in [9.17, 15) is 0 Å². The zero-order valence-corrected chi connectivity index (χ0v) is 8.97. The molecule has 1 aliphatic carbocycles. The van der Waals surface area contributed by atoms with E-state index in [-0.39, 0.29) is 6.04 Å². The van der Waals surface area contributed by atoms with E-state index in [2.05, 4.69) is 0 Å². The molecule has 1 unspecified atom stereocenters. The fourth-order valence-corrected chi connectivity index (χ4v) is 2.31. The van der Waals surface area contributed by atoms with Gasteiger partial charge >= 0.3 is 0 Å². The van der Waals surface area contributed by atoms with Gasteiger partial charge in [0, 0.05) is 11.1 Å². The normalized spacial score (nSPS) is 20.4. The molecular weight excluding hydrogens is 198 g/mol. The highest BCUT2D eigenvalue weighted by Crippen LogP contribution is 2.35. The fraction of sp³-hybridized carbons (Fsp3) is 0.455. The Balaban J connectivity index is 2.51. The molecule has 0 saturated carbocycles. The minimum atomic E-state index is 0.117. The van der Waals surface area contributed by atoms with Crippen LogP contribution in [-0.2, 0) is 6.42 Å². The Morgan fingerprint density at radius 2 is 2.29 bits per heavy atom. The van der Waals surface area contributed by atoms with Crippen LogP contribution in [0, 0.1) is 0 Å². The van der Waals surface area contributed by atoms with Gasteiger partial charge in [-0.25, -0.2) is 0 Å². The van der Waals surface area contributed by atoms with Crippen LogP contribution in [0.25, 0.3) is 0 Å². The summed E-state index contributed by atoms with van der Waals surface area (Å²) in [5.74, 6) is 0.797. The van der Waals surface area contributed by atoms with E-state index in [0.29, 0.717) is 0 Å². The van der Waals surface area contributed by atoms with Crippen LogP contribution in [0.4, 0.5) is 0 Å². The van der Waals surface area contributed by atoms with E-state index in [1.807, 2.05) is 12.1 Å². The van der Waals surface area contributed by atoms with Crippen molar-refractivity contribution in [1.29, 1.82) is 0 Å². The summed E-state index contributed by atoms with van der Waals surface area (Å²) in [6.07, 6.45) is 3.20. The monoisotopic (exact) mass is 211 g/mol. The van der Waals surface area contributed by atoms with Crippen molar-refractivity contribution in [3.05, 3.63) is 28.3 Å². The predicted molar refractivity (Wildman–Crippen MR) is 57.9 cm³/mol. The minimum absolute atomic E-state index is 0.117. The molecule has 0 bridgehead atoms. The van der Waals surface area contributed by atoms with Gasteiger partial charge in [-0.15, -0.1) is 0 Å². The molecule has 0 radical (unpaired) electrons. The summed E-state index contributed by atoms with van der Waals surface area (Å²) in [7, 11) is 1.65. The van der Waals surface area contributed by atoms with Crippen LogP contribution < -0.4 is 10.5 Å². The van der Waals surface area contributed by atoms with Crippen molar-refractivity contribution < 1.29 is 4.74 Å². The Labute approximate surface area is 89.0 Å². The van der Waals surface area contributed by atoms with Crippen molar-refractivity contribution in [2.24, 2.45) is 5.73 Å². The summed E-state index contributed by atoms with van der Waals surface area (Å²) in [5, 5.41) is 0.787. The molecule has 0 saturated heterocycles. The van der Waals surface area contributed by atoms with Crippen molar-refractivity contribution in [3.63, 3.8) is 0 Å². The number of ether oxygens (including phenoxy) is 1. The average molecular weight is 212 g/mol. The van der Waals surface area contributed by atoms with Crippen molar-refractivity contribution in [2.75, 3.05) is 7.11 Å². The molecule has 0 heterocycles. The lowest BCUT2D eigenvalue weighted by atomic mass is 9.88. The molecule has 14 heavy (non-hydrogen) atoms. The SMILES string of the molecule is COc1cc(Cl)c2c(c1)C(N)CCC2. The quantitative estimate of drug-likeness (QED) is 0.775. The standard InChI is InChI=1S/C11H14ClNO/c1-14-7-5-9-8(10(12)6-7)3-2-4-11(9)13/h5-6,11H,2-4,13H2,1H3. The van der Waals surface area contributed by atoms with Gasteiger partial charge in [0.15, 0.2) is 0 Å². The van der Waals surface area contributed by atoms with E-state index >= 15 is 0 Å². The summed E-state index contributed by atoms with van der Waals surface area (Å²) in [6, 6.07) is 3.98. The zero-order valence-electron chi connectivity index (χ0n) is 8.22. The van der Waals surface area contributed by atoms with Gasteiger partial charge in [-0.3, -0.25) is 0 Å². The maximum absolute atomic E-state index is 6.16. The lowest BCUT2D eigenvalue weighted by molar-refractivity contribution is 0.412. The lowest BCUT2D eigenvalue weighted by Crippen LogP contribution is -2.17. The van der Waals surface area contributed by atoms with Gasteiger partial charge in [0.2, 0.25) is 0 Å². The van der Waals surface area contributed by atoms with Crippen LogP contribution in [0.15, 0.2) is 12.1 Å². The zero-order chi connectivity index (χ0) is 10.1. The molecule has 2 N–H and O–H groups in total. The third-order valence-corrected chi connectivity index (χ3v) is 3.12. The molecule has 1 aromatic carbocycles. The Kier molecular flexibility index (Phi) is 2.66. The number of nitrogens with two attached hydrogens (primary N) is 1. The molecule has 2 nitrogen and oxygen atoms in total. The number of halogens is 1. The number of rotatable bonds is 1. The minimum Gasteiger partial charge on any atom is -0.497 e. The molecule has 1 atom stereocenters. The Hall–Kier alpha value is -0.730. The van der Waals surface area contributed by atoms with Crippen molar-refractivity contribution in [2.45, 2.75) is 25.3 Å². The molecular formula is C11H14ClNO. The molecule has 3 heteroatoms. The molecule has 0 aliphatic heterocycles. The second kappa shape index (κ2) is 3.79. The maximum atomic E-state index is 6.16. The first kappa shape index (κ1) is 9.81. The lowest BCUT2D eigenvalue weighted by Gasteiger charge is -2.23. The summed E-state index contributed by atoms with van der Waals surface area (Å²) >= 11 is 6.16. The topological polar surface area (TPSA) is 35.2 Å². The number of hydrogen-bond acceptors (Lipinski definition) is 2. The first-order valence-corrected chi connectivity index (χ1v) is 5.22. The van der Waals surface area contributed by atoms with Crippen molar-refractivity contribution in [3.8, 4) is 5.75 Å². The number of hydrogen-bond donors (Lipinski definition) is 1. The number of benzene rings is 1. The van der Waals surface area contributed by atoms with Crippen LogP contribution in [0.1, 0.15) is 30.0 Å². The van der Waals surface area contributed by atoms with Gasteiger partial charge < -0.3 is 10.5 Å². The largest absolute Gasteiger partial charge is 0.497 e. The molecule has 0 spiro atoms. The Morgan fingerprint density at radius 3 is 3.00 bits per heavy atom. The Bertz CT molecular complexity index is 351. The summed E-state index contributed by atoms with van der Waals surface area (Å²) < 4.78 is 5.17. The van der Waals surface area contributed by atoms with Crippen molar-refractivity contribution in [1.82, 2.24) is 0 Å².